The van der Waals surface area contributed by atoms with E-state index in [1.165, 1.54) is 30.0 Å². The van der Waals surface area contributed by atoms with Gasteiger partial charge in [0.15, 0.2) is 0 Å². The molecule has 150 valence electrons. The summed E-state index contributed by atoms with van der Waals surface area (Å²) in [7, 11) is 1.48. The van der Waals surface area contributed by atoms with Gasteiger partial charge in [0, 0.05) is 11.9 Å². The van der Waals surface area contributed by atoms with Crippen molar-refractivity contribution in [3.05, 3.63) is 37.5 Å². The Bertz CT molecular complexity index is 946. The molecule has 1 aliphatic carbocycles. The van der Waals surface area contributed by atoms with Crippen LogP contribution < -0.4 is 5.32 Å². The maximum Gasteiger partial charge on any atom is 0.341 e. The summed E-state index contributed by atoms with van der Waals surface area (Å²) in [4.78, 5) is 37.3. The number of hydrogen-bond acceptors (Lipinski definition) is 7. The van der Waals surface area contributed by atoms with Gasteiger partial charge in [0.2, 0.25) is 5.69 Å². The van der Waals surface area contributed by atoms with Crippen molar-refractivity contribution in [3.8, 4) is 0 Å². The molecule has 2 aromatic heterocycles. The molecule has 0 saturated heterocycles. The zero-order valence-corrected chi connectivity index (χ0v) is 16.9. The maximum absolute atomic E-state index is 12.9. The number of fused-ring (bicyclic) bond motifs is 1. The van der Waals surface area contributed by atoms with Crippen molar-refractivity contribution in [1.29, 1.82) is 0 Å². The summed E-state index contributed by atoms with van der Waals surface area (Å²) in [5.41, 5.74) is 0.968. The van der Waals surface area contributed by atoms with E-state index in [2.05, 4.69) is 10.4 Å². The van der Waals surface area contributed by atoms with Crippen molar-refractivity contribution in [1.82, 2.24) is 9.78 Å². The maximum atomic E-state index is 12.9. The van der Waals surface area contributed by atoms with E-state index in [9.17, 15) is 19.7 Å². The summed E-state index contributed by atoms with van der Waals surface area (Å²) in [6.45, 7) is 3.68. The van der Waals surface area contributed by atoms with Crippen LogP contribution >= 0.6 is 11.3 Å². The van der Waals surface area contributed by atoms with E-state index in [4.69, 9.17) is 4.74 Å². The van der Waals surface area contributed by atoms with Crippen LogP contribution in [0.4, 0.5) is 10.7 Å². The first kappa shape index (κ1) is 20.0. The number of hydrogen-bond donors (Lipinski definition) is 1. The van der Waals surface area contributed by atoms with Gasteiger partial charge in [-0.05, 0) is 44.6 Å². The third-order valence-electron chi connectivity index (χ3n) is 4.63. The number of aryl methyl sites for hydroxylation is 3. The Morgan fingerprint density at radius 2 is 2.07 bits per heavy atom. The van der Waals surface area contributed by atoms with Crippen molar-refractivity contribution < 1.29 is 19.2 Å². The Labute approximate surface area is 165 Å². The molecule has 0 bridgehead atoms. The largest absolute Gasteiger partial charge is 0.462 e. The topological polar surface area (TPSA) is 116 Å². The average molecular weight is 406 g/mol. The number of anilines is 1. The second-order valence-electron chi connectivity index (χ2n) is 6.67. The van der Waals surface area contributed by atoms with Gasteiger partial charge in [-0.15, -0.1) is 11.3 Å². The molecule has 9 nitrogen and oxygen atoms in total. The molecule has 2 aromatic rings. The minimum atomic E-state index is -0.669. The molecule has 0 aromatic carbocycles. The molecule has 2 heterocycles. The van der Waals surface area contributed by atoms with Gasteiger partial charge < -0.3 is 10.1 Å². The second kappa shape index (κ2) is 8.09. The quantitative estimate of drug-likeness (QED) is 0.446. The fraction of sp³-hybridized carbons (Fsp3) is 0.500. The number of carbonyl (C=O) groups excluding carboxylic acids is 2. The summed E-state index contributed by atoms with van der Waals surface area (Å²) >= 11 is 1.34. The molecule has 0 fully saturated rings. The Balaban J connectivity index is 1.99. The smallest absolute Gasteiger partial charge is 0.341 e. The standard InChI is InChI=1S/C18H22N4O5S/c1-4-9-27-18(24)13-11-7-5-6-8-12(11)28-17(13)19-16(23)15-14(22(25)26)10(2)20-21(15)3/h4-9H2,1-3H3,(H,19,23). The van der Waals surface area contributed by atoms with Gasteiger partial charge >= 0.3 is 11.7 Å². The number of nitrogens with one attached hydrogen (secondary N) is 1. The van der Waals surface area contributed by atoms with Gasteiger partial charge in [-0.3, -0.25) is 19.6 Å². The molecule has 1 N–H and O–H groups in total. The molecule has 0 unspecified atom stereocenters. The number of esters is 1. The Hall–Kier alpha value is -2.75. The molecule has 0 saturated carbocycles. The molecular formula is C18H22N4O5S. The van der Waals surface area contributed by atoms with Crippen molar-refractivity contribution in [2.24, 2.45) is 7.05 Å². The minimum absolute atomic E-state index is 0.151. The first-order chi connectivity index (χ1) is 13.3. The number of amides is 1. The lowest BCUT2D eigenvalue weighted by atomic mass is 9.95. The van der Waals surface area contributed by atoms with E-state index in [0.29, 0.717) is 23.6 Å². The highest BCUT2D eigenvalue weighted by molar-refractivity contribution is 7.17. The van der Waals surface area contributed by atoms with Crippen LogP contribution in [0.3, 0.4) is 0 Å². The van der Waals surface area contributed by atoms with Gasteiger partial charge in [0.05, 0.1) is 17.1 Å². The Kier molecular flexibility index (Phi) is 5.78. The van der Waals surface area contributed by atoms with E-state index in [0.717, 1.165) is 36.1 Å². The zero-order valence-electron chi connectivity index (χ0n) is 16.0. The highest BCUT2D eigenvalue weighted by Crippen LogP contribution is 2.39. The Morgan fingerprint density at radius 3 is 2.75 bits per heavy atom. The lowest BCUT2D eigenvalue weighted by molar-refractivity contribution is -0.385. The van der Waals surface area contributed by atoms with Crippen molar-refractivity contribution >= 4 is 33.9 Å². The number of rotatable bonds is 6. The van der Waals surface area contributed by atoms with Gasteiger partial charge in [-0.25, -0.2) is 4.79 Å². The van der Waals surface area contributed by atoms with Crippen molar-refractivity contribution in [2.45, 2.75) is 46.0 Å². The average Bonchev–Trinajstić information content (AvgIpc) is 3.15. The molecule has 3 rings (SSSR count). The fourth-order valence-corrected chi connectivity index (χ4v) is 4.69. The first-order valence-electron chi connectivity index (χ1n) is 9.16. The van der Waals surface area contributed by atoms with Gasteiger partial charge in [-0.1, -0.05) is 6.92 Å². The van der Waals surface area contributed by atoms with Gasteiger partial charge in [0.25, 0.3) is 5.91 Å². The highest BCUT2D eigenvalue weighted by atomic mass is 32.1. The van der Waals surface area contributed by atoms with E-state index < -0.39 is 16.8 Å². The third kappa shape index (κ3) is 3.64. The lowest BCUT2D eigenvalue weighted by Crippen LogP contribution is -2.19. The molecule has 0 spiro atoms. The molecule has 1 aliphatic rings. The number of nitrogens with zero attached hydrogens (tertiary/aromatic N) is 3. The van der Waals surface area contributed by atoms with E-state index in [-0.39, 0.29) is 17.1 Å². The molecule has 0 aliphatic heterocycles. The van der Waals surface area contributed by atoms with Crippen molar-refractivity contribution in [2.75, 3.05) is 11.9 Å². The molecule has 10 heteroatoms. The van der Waals surface area contributed by atoms with E-state index in [1.807, 2.05) is 6.92 Å². The van der Waals surface area contributed by atoms with Crippen LogP contribution in [0.15, 0.2) is 0 Å². The van der Waals surface area contributed by atoms with Gasteiger partial charge in [-0.2, -0.15) is 5.10 Å². The van der Waals surface area contributed by atoms with Crippen LogP contribution in [0.5, 0.6) is 0 Å². The summed E-state index contributed by atoms with van der Waals surface area (Å²) in [6.07, 6.45) is 4.28. The van der Waals surface area contributed by atoms with E-state index in [1.54, 1.807) is 0 Å². The molecule has 0 radical (unpaired) electrons. The normalized spacial score (nSPS) is 13.1. The predicted octanol–water partition coefficient (Wildman–Crippen LogP) is 3.40. The summed E-state index contributed by atoms with van der Waals surface area (Å²) in [6, 6.07) is 0. The number of nitro groups is 1. The molecule has 0 atom stereocenters. The molecule has 28 heavy (non-hydrogen) atoms. The lowest BCUT2D eigenvalue weighted by Gasteiger charge is -2.12. The number of thiophene rings is 1. The minimum Gasteiger partial charge on any atom is -0.462 e. The second-order valence-corrected chi connectivity index (χ2v) is 7.77. The van der Waals surface area contributed by atoms with Crippen LogP contribution in [-0.4, -0.2) is 33.2 Å². The van der Waals surface area contributed by atoms with Crippen LogP contribution in [0.1, 0.15) is 63.2 Å². The van der Waals surface area contributed by atoms with E-state index >= 15 is 0 Å². The monoisotopic (exact) mass is 406 g/mol. The number of aromatic nitrogens is 2. The zero-order chi connectivity index (χ0) is 20.4. The van der Waals surface area contributed by atoms with Gasteiger partial charge in [0.1, 0.15) is 10.7 Å². The number of ether oxygens (including phenoxy) is 1. The number of carbonyl (C=O) groups is 2. The summed E-state index contributed by atoms with van der Waals surface area (Å²) in [5.74, 6) is -1.13. The SMILES string of the molecule is CCCOC(=O)c1c(NC(=O)c2c([N+](=O)[O-])c(C)nn2C)sc2c1CCCC2. The third-order valence-corrected chi connectivity index (χ3v) is 5.84. The summed E-state index contributed by atoms with van der Waals surface area (Å²) < 4.78 is 6.50. The van der Waals surface area contributed by atoms with Crippen LogP contribution in [0.25, 0.3) is 0 Å². The fourth-order valence-electron chi connectivity index (χ4n) is 3.42. The highest BCUT2D eigenvalue weighted by Gasteiger charge is 2.32. The first-order valence-corrected chi connectivity index (χ1v) is 9.97. The van der Waals surface area contributed by atoms with Crippen LogP contribution in [-0.2, 0) is 24.6 Å². The van der Waals surface area contributed by atoms with Crippen molar-refractivity contribution in [3.63, 3.8) is 0 Å². The molecule has 1 amide bonds. The molecular weight excluding hydrogens is 384 g/mol. The Morgan fingerprint density at radius 1 is 1.36 bits per heavy atom. The van der Waals surface area contributed by atoms with Crippen LogP contribution in [0.2, 0.25) is 0 Å². The predicted molar refractivity (Wildman–Crippen MR) is 104 cm³/mol. The van der Waals surface area contributed by atoms with Crippen LogP contribution in [0, 0.1) is 17.0 Å². The summed E-state index contributed by atoms with van der Waals surface area (Å²) in [5, 5.41) is 18.4.